The summed E-state index contributed by atoms with van der Waals surface area (Å²) in [5, 5.41) is 10.2. The Bertz CT molecular complexity index is 602. The summed E-state index contributed by atoms with van der Waals surface area (Å²) in [5.41, 5.74) is 2.33. The number of phenols is 1. The number of rotatable bonds is 8. The average molecular weight is 296 g/mol. The van der Waals surface area contributed by atoms with Crippen LogP contribution in [-0.2, 0) is 0 Å². The molecule has 0 unspecified atom stereocenters. The van der Waals surface area contributed by atoms with Crippen LogP contribution >= 0.6 is 0 Å². The zero-order valence-corrected chi connectivity index (χ0v) is 13.2. The second-order valence-electron chi connectivity index (χ2n) is 5.69. The van der Waals surface area contributed by atoms with Crippen LogP contribution in [0.2, 0.25) is 0 Å². The van der Waals surface area contributed by atoms with Crippen molar-refractivity contribution >= 4 is 5.78 Å². The van der Waals surface area contributed by atoms with Gasteiger partial charge < -0.3 is 5.11 Å². The van der Waals surface area contributed by atoms with E-state index in [4.69, 9.17) is 0 Å². The van der Waals surface area contributed by atoms with Crippen LogP contribution in [0.1, 0.15) is 55.8 Å². The third kappa shape index (κ3) is 4.45. The van der Waals surface area contributed by atoms with Crippen molar-refractivity contribution in [3.05, 3.63) is 54.1 Å². The fourth-order valence-corrected chi connectivity index (χ4v) is 2.60. The van der Waals surface area contributed by atoms with Gasteiger partial charge >= 0.3 is 0 Å². The largest absolute Gasteiger partial charge is 0.507 e. The molecule has 0 saturated carbocycles. The SMILES string of the molecule is CCCCCCCC(=O)c1ccc(-c2ccccc2)c(O)c1. The molecule has 116 valence electrons. The zero-order valence-electron chi connectivity index (χ0n) is 13.2. The minimum absolute atomic E-state index is 0.117. The van der Waals surface area contributed by atoms with Crippen molar-refractivity contribution in [3.8, 4) is 16.9 Å². The van der Waals surface area contributed by atoms with Gasteiger partial charge in [0.15, 0.2) is 5.78 Å². The molecule has 0 aliphatic rings. The molecule has 0 radical (unpaired) electrons. The topological polar surface area (TPSA) is 37.3 Å². The first-order valence-corrected chi connectivity index (χ1v) is 8.14. The first-order chi connectivity index (χ1) is 10.7. The van der Waals surface area contributed by atoms with Crippen LogP contribution in [0.5, 0.6) is 5.75 Å². The molecular weight excluding hydrogens is 272 g/mol. The molecule has 0 bridgehead atoms. The summed E-state index contributed by atoms with van der Waals surface area (Å²) in [6.45, 7) is 2.18. The van der Waals surface area contributed by atoms with E-state index in [0.29, 0.717) is 12.0 Å². The number of carbonyl (C=O) groups excluding carboxylic acids is 1. The number of carbonyl (C=O) groups is 1. The molecular formula is C20H24O2. The summed E-state index contributed by atoms with van der Waals surface area (Å²) < 4.78 is 0. The van der Waals surface area contributed by atoms with Gasteiger partial charge in [0.2, 0.25) is 0 Å². The molecule has 0 spiro atoms. The Morgan fingerprint density at radius 3 is 2.36 bits per heavy atom. The van der Waals surface area contributed by atoms with Crippen molar-refractivity contribution in [1.29, 1.82) is 0 Å². The van der Waals surface area contributed by atoms with Crippen LogP contribution in [-0.4, -0.2) is 10.9 Å². The fraction of sp³-hybridized carbons (Fsp3) is 0.350. The van der Waals surface area contributed by atoms with Gasteiger partial charge in [-0.25, -0.2) is 0 Å². The van der Waals surface area contributed by atoms with E-state index in [9.17, 15) is 9.90 Å². The summed E-state index contributed by atoms with van der Waals surface area (Å²) in [7, 11) is 0. The molecule has 1 N–H and O–H groups in total. The lowest BCUT2D eigenvalue weighted by Crippen LogP contribution is -1.99. The van der Waals surface area contributed by atoms with Crippen LogP contribution in [0, 0.1) is 0 Å². The molecule has 0 aromatic heterocycles. The van der Waals surface area contributed by atoms with Gasteiger partial charge in [0.05, 0.1) is 0 Å². The third-order valence-corrected chi connectivity index (χ3v) is 3.91. The number of phenolic OH excluding ortho intramolecular Hbond substituents is 1. The fourth-order valence-electron chi connectivity index (χ4n) is 2.60. The smallest absolute Gasteiger partial charge is 0.163 e. The Labute approximate surface area is 132 Å². The van der Waals surface area contributed by atoms with Crippen molar-refractivity contribution in [3.63, 3.8) is 0 Å². The Balaban J connectivity index is 1.98. The van der Waals surface area contributed by atoms with E-state index in [1.54, 1.807) is 6.07 Å². The highest BCUT2D eigenvalue weighted by molar-refractivity contribution is 5.97. The number of hydrogen-bond acceptors (Lipinski definition) is 2. The van der Waals surface area contributed by atoms with Crippen molar-refractivity contribution in [2.75, 3.05) is 0 Å². The average Bonchev–Trinajstić information content (AvgIpc) is 2.55. The number of unbranched alkanes of at least 4 members (excludes halogenated alkanes) is 4. The molecule has 0 heterocycles. The van der Waals surface area contributed by atoms with Crippen molar-refractivity contribution < 1.29 is 9.90 Å². The third-order valence-electron chi connectivity index (χ3n) is 3.91. The minimum Gasteiger partial charge on any atom is -0.507 e. The van der Waals surface area contributed by atoms with Gasteiger partial charge in [-0.1, -0.05) is 69.0 Å². The van der Waals surface area contributed by atoms with Crippen LogP contribution < -0.4 is 0 Å². The molecule has 0 fully saturated rings. The van der Waals surface area contributed by atoms with Crippen LogP contribution in [0.4, 0.5) is 0 Å². The lowest BCUT2D eigenvalue weighted by atomic mass is 9.99. The van der Waals surface area contributed by atoms with Gasteiger partial charge in [-0.2, -0.15) is 0 Å². The maximum atomic E-state index is 12.2. The summed E-state index contributed by atoms with van der Waals surface area (Å²) in [6.07, 6.45) is 6.24. The second-order valence-corrected chi connectivity index (χ2v) is 5.69. The van der Waals surface area contributed by atoms with Crippen LogP contribution in [0.3, 0.4) is 0 Å². The molecule has 0 saturated heterocycles. The van der Waals surface area contributed by atoms with Gasteiger partial charge in [0, 0.05) is 17.5 Å². The molecule has 0 atom stereocenters. The van der Waals surface area contributed by atoms with Crippen LogP contribution in [0.25, 0.3) is 11.1 Å². The van der Waals surface area contributed by atoms with E-state index in [1.165, 1.54) is 19.3 Å². The van der Waals surface area contributed by atoms with E-state index in [1.807, 2.05) is 42.5 Å². The standard InChI is InChI=1S/C20H24O2/c1-2-3-4-5-9-12-19(21)17-13-14-18(20(22)15-17)16-10-7-6-8-11-16/h6-8,10-11,13-15,22H,2-5,9,12H2,1H3. The predicted octanol–water partition coefficient (Wildman–Crippen LogP) is 5.60. The van der Waals surface area contributed by atoms with Gasteiger partial charge in [0.25, 0.3) is 0 Å². The number of ketones is 1. The number of hydrogen-bond donors (Lipinski definition) is 1. The highest BCUT2D eigenvalue weighted by Crippen LogP contribution is 2.30. The first-order valence-electron chi connectivity index (χ1n) is 8.14. The Hall–Kier alpha value is -2.09. The lowest BCUT2D eigenvalue weighted by Gasteiger charge is -2.07. The van der Waals surface area contributed by atoms with E-state index < -0.39 is 0 Å². The summed E-state index contributed by atoms with van der Waals surface area (Å²) >= 11 is 0. The molecule has 0 aliphatic heterocycles. The van der Waals surface area contributed by atoms with Gasteiger partial charge in [-0.3, -0.25) is 4.79 Å². The van der Waals surface area contributed by atoms with Crippen molar-refractivity contribution in [1.82, 2.24) is 0 Å². The lowest BCUT2D eigenvalue weighted by molar-refractivity contribution is 0.0978. The highest BCUT2D eigenvalue weighted by atomic mass is 16.3. The first kappa shape index (κ1) is 16.3. The Morgan fingerprint density at radius 2 is 1.68 bits per heavy atom. The molecule has 2 rings (SSSR count). The normalized spacial score (nSPS) is 10.6. The quantitative estimate of drug-likeness (QED) is 0.508. The summed E-state index contributed by atoms with van der Waals surface area (Å²) in [6, 6.07) is 14.9. The molecule has 2 nitrogen and oxygen atoms in total. The second kappa shape index (κ2) is 8.38. The predicted molar refractivity (Wildman–Crippen MR) is 91.2 cm³/mol. The van der Waals surface area contributed by atoms with Crippen LogP contribution in [0.15, 0.2) is 48.5 Å². The van der Waals surface area contributed by atoms with E-state index >= 15 is 0 Å². The van der Waals surface area contributed by atoms with Gasteiger partial charge in [-0.15, -0.1) is 0 Å². The molecule has 0 amide bonds. The van der Waals surface area contributed by atoms with Crippen molar-refractivity contribution in [2.45, 2.75) is 45.4 Å². The maximum absolute atomic E-state index is 12.2. The van der Waals surface area contributed by atoms with E-state index in [-0.39, 0.29) is 11.5 Å². The van der Waals surface area contributed by atoms with Crippen molar-refractivity contribution in [2.24, 2.45) is 0 Å². The van der Waals surface area contributed by atoms with Gasteiger partial charge in [0.1, 0.15) is 5.75 Å². The highest BCUT2D eigenvalue weighted by Gasteiger charge is 2.10. The number of aromatic hydroxyl groups is 1. The number of benzene rings is 2. The minimum atomic E-state index is 0.117. The van der Waals surface area contributed by atoms with Gasteiger partial charge in [-0.05, 0) is 24.1 Å². The maximum Gasteiger partial charge on any atom is 0.163 e. The summed E-state index contributed by atoms with van der Waals surface area (Å²) in [5.74, 6) is 0.287. The monoisotopic (exact) mass is 296 g/mol. The summed E-state index contributed by atoms with van der Waals surface area (Å²) in [4.78, 5) is 12.2. The zero-order chi connectivity index (χ0) is 15.8. The van der Waals surface area contributed by atoms with E-state index in [0.717, 1.165) is 24.0 Å². The molecule has 2 aromatic carbocycles. The van der Waals surface area contributed by atoms with E-state index in [2.05, 4.69) is 6.92 Å². The molecule has 2 heteroatoms. The Kier molecular flexibility index (Phi) is 6.20. The molecule has 0 aliphatic carbocycles. The Morgan fingerprint density at radius 1 is 0.955 bits per heavy atom. The molecule has 22 heavy (non-hydrogen) atoms. The number of Topliss-reactive ketones (excluding diaryl/α,β-unsaturated/α-hetero) is 1. The molecule has 2 aromatic rings.